The highest BCUT2D eigenvalue weighted by atomic mass is 32.2. The number of ketones is 1. The number of Topliss-reactive ketones (excluding diaryl/α,β-unsaturated/α-hetero) is 1. The average molecular weight is 291 g/mol. The van der Waals surface area contributed by atoms with Crippen molar-refractivity contribution in [3.63, 3.8) is 0 Å². The summed E-state index contributed by atoms with van der Waals surface area (Å²) in [6.07, 6.45) is 2.22. The molecule has 6 nitrogen and oxygen atoms in total. The first-order valence-corrected chi connectivity index (χ1v) is 7.57. The maximum absolute atomic E-state index is 12.2. The van der Waals surface area contributed by atoms with Gasteiger partial charge in [0, 0.05) is 23.0 Å². The average Bonchev–Trinajstić information content (AvgIpc) is 3.08. The van der Waals surface area contributed by atoms with E-state index < -0.39 is 0 Å². The van der Waals surface area contributed by atoms with Gasteiger partial charge in [-0.3, -0.25) is 9.36 Å². The van der Waals surface area contributed by atoms with Gasteiger partial charge in [0.1, 0.15) is 0 Å². The molecule has 3 rings (SSSR count). The predicted molar refractivity (Wildman–Crippen MR) is 78.0 cm³/mol. The second-order valence-electron chi connectivity index (χ2n) is 5.14. The Balaban J connectivity index is 1.70. The molecule has 0 aromatic carbocycles. The molecule has 20 heavy (non-hydrogen) atoms. The Morgan fingerprint density at radius 1 is 1.50 bits per heavy atom. The Hall–Kier alpha value is -1.76. The second-order valence-corrected chi connectivity index (χ2v) is 6.09. The molecule has 1 fully saturated rings. The second kappa shape index (κ2) is 4.97. The molecule has 2 aromatic heterocycles. The molecule has 0 aliphatic heterocycles. The Morgan fingerprint density at radius 3 is 2.85 bits per heavy atom. The van der Waals surface area contributed by atoms with Crippen LogP contribution in [0, 0.1) is 13.8 Å². The summed E-state index contributed by atoms with van der Waals surface area (Å²) < 4.78 is 1.94. The largest absolute Gasteiger partial charge is 0.368 e. The van der Waals surface area contributed by atoms with Crippen molar-refractivity contribution in [2.24, 2.45) is 0 Å². The molecule has 1 aliphatic rings. The van der Waals surface area contributed by atoms with Crippen LogP contribution >= 0.6 is 11.8 Å². The van der Waals surface area contributed by atoms with Crippen LogP contribution in [0.3, 0.4) is 0 Å². The van der Waals surface area contributed by atoms with Crippen molar-refractivity contribution in [2.75, 3.05) is 11.5 Å². The van der Waals surface area contributed by atoms with E-state index in [-0.39, 0.29) is 5.78 Å². The first-order valence-electron chi connectivity index (χ1n) is 6.59. The molecule has 1 saturated carbocycles. The number of thioether (sulfide) groups is 1. The van der Waals surface area contributed by atoms with E-state index >= 15 is 0 Å². The summed E-state index contributed by atoms with van der Waals surface area (Å²) >= 11 is 1.40. The number of nitrogens with one attached hydrogen (secondary N) is 1. The van der Waals surface area contributed by atoms with E-state index in [1.54, 1.807) is 0 Å². The van der Waals surface area contributed by atoms with Gasteiger partial charge in [-0.25, -0.2) is 0 Å². The van der Waals surface area contributed by atoms with Gasteiger partial charge < -0.3 is 10.7 Å². The molecule has 0 bridgehead atoms. The molecule has 0 amide bonds. The Labute approximate surface area is 121 Å². The molecule has 2 aromatic rings. The number of carbonyl (C=O) groups is 1. The molecular weight excluding hydrogens is 274 g/mol. The van der Waals surface area contributed by atoms with Gasteiger partial charge in [0.25, 0.3) is 0 Å². The maximum atomic E-state index is 12.2. The SMILES string of the molecule is Cc1cc(C(=O)CSc2nnc(N)n2C2CC2)c(C)[nH]1. The number of hydrogen-bond donors (Lipinski definition) is 2. The van der Waals surface area contributed by atoms with Crippen molar-refractivity contribution in [3.05, 3.63) is 23.0 Å². The Morgan fingerprint density at radius 2 is 2.25 bits per heavy atom. The molecule has 0 radical (unpaired) electrons. The number of anilines is 1. The summed E-state index contributed by atoms with van der Waals surface area (Å²) in [5.74, 6) is 0.889. The van der Waals surface area contributed by atoms with E-state index in [9.17, 15) is 4.79 Å². The Kier molecular flexibility index (Phi) is 3.29. The summed E-state index contributed by atoms with van der Waals surface area (Å²) in [5.41, 5.74) is 8.48. The molecule has 3 N–H and O–H groups in total. The summed E-state index contributed by atoms with van der Waals surface area (Å²) in [5, 5.41) is 8.70. The molecule has 0 saturated heterocycles. The minimum atomic E-state index is 0.0979. The summed E-state index contributed by atoms with van der Waals surface area (Å²) in [6.45, 7) is 3.86. The fraction of sp³-hybridized carbons (Fsp3) is 0.462. The van der Waals surface area contributed by atoms with Gasteiger partial charge in [0.2, 0.25) is 5.95 Å². The number of aromatic amines is 1. The standard InChI is InChI=1S/C13H17N5OS/c1-7-5-10(8(2)15-7)11(19)6-20-13-17-16-12(14)18(13)9-3-4-9/h5,9,15H,3-4,6H2,1-2H3,(H2,14,16). The zero-order chi connectivity index (χ0) is 14.3. The first kappa shape index (κ1) is 13.2. The van der Waals surface area contributed by atoms with Gasteiger partial charge in [-0.05, 0) is 32.8 Å². The van der Waals surface area contributed by atoms with Gasteiger partial charge in [-0.2, -0.15) is 0 Å². The van der Waals surface area contributed by atoms with Crippen LogP contribution in [0.2, 0.25) is 0 Å². The molecule has 0 unspecified atom stereocenters. The lowest BCUT2D eigenvalue weighted by Crippen LogP contribution is -2.06. The monoisotopic (exact) mass is 291 g/mol. The number of H-pyrrole nitrogens is 1. The normalized spacial score (nSPS) is 14.7. The maximum Gasteiger partial charge on any atom is 0.222 e. The van der Waals surface area contributed by atoms with Crippen molar-refractivity contribution >= 4 is 23.5 Å². The van der Waals surface area contributed by atoms with Crippen molar-refractivity contribution in [1.82, 2.24) is 19.7 Å². The number of rotatable bonds is 5. The van der Waals surface area contributed by atoms with E-state index in [1.807, 2.05) is 24.5 Å². The number of nitrogens with two attached hydrogens (primary N) is 1. The van der Waals surface area contributed by atoms with Crippen LogP contribution in [-0.2, 0) is 0 Å². The third-order valence-electron chi connectivity index (χ3n) is 3.39. The molecule has 106 valence electrons. The highest BCUT2D eigenvalue weighted by molar-refractivity contribution is 7.99. The number of hydrogen-bond acceptors (Lipinski definition) is 5. The van der Waals surface area contributed by atoms with Crippen LogP contribution in [0.1, 0.15) is 40.6 Å². The third-order valence-corrected chi connectivity index (χ3v) is 4.33. The highest BCUT2D eigenvalue weighted by Gasteiger charge is 2.29. The van der Waals surface area contributed by atoms with Crippen molar-refractivity contribution < 1.29 is 4.79 Å². The smallest absolute Gasteiger partial charge is 0.222 e. The number of aryl methyl sites for hydroxylation is 2. The number of nitrogen functional groups attached to an aromatic ring is 1. The van der Waals surface area contributed by atoms with E-state index in [0.29, 0.717) is 17.7 Å². The Bertz CT molecular complexity index is 656. The van der Waals surface area contributed by atoms with Crippen LogP contribution in [0.4, 0.5) is 5.95 Å². The number of aromatic nitrogens is 4. The summed E-state index contributed by atoms with van der Waals surface area (Å²) in [6, 6.07) is 2.30. The number of nitrogens with zero attached hydrogens (tertiary/aromatic N) is 3. The van der Waals surface area contributed by atoms with E-state index in [0.717, 1.165) is 34.9 Å². The van der Waals surface area contributed by atoms with E-state index in [2.05, 4.69) is 15.2 Å². The lowest BCUT2D eigenvalue weighted by atomic mass is 10.2. The van der Waals surface area contributed by atoms with Gasteiger partial charge >= 0.3 is 0 Å². The van der Waals surface area contributed by atoms with Crippen LogP contribution < -0.4 is 5.73 Å². The first-order chi connectivity index (χ1) is 9.56. The molecule has 2 heterocycles. The van der Waals surface area contributed by atoms with Gasteiger partial charge in [-0.1, -0.05) is 11.8 Å². The molecule has 1 aliphatic carbocycles. The number of carbonyl (C=O) groups excluding carboxylic acids is 1. The van der Waals surface area contributed by atoms with E-state index in [1.165, 1.54) is 11.8 Å². The quantitative estimate of drug-likeness (QED) is 0.650. The molecule has 0 spiro atoms. The molecule has 7 heteroatoms. The molecule has 0 atom stereocenters. The predicted octanol–water partition coefficient (Wildman–Crippen LogP) is 2.12. The van der Waals surface area contributed by atoms with Crippen molar-refractivity contribution in [2.45, 2.75) is 37.9 Å². The molecular formula is C13H17N5OS. The minimum Gasteiger partial charge on any atom is -0.368 e. The van der Waals surface area contributed by atoms with Gasteiger partial charge in [-0.15, -0.1) is 10.2 Å². The van der Waals surface area contributed by atoms with Crippen LogP contribution in [0.5, 0.6) is 0 Å². The van der Waals surface area contributed by atoms with E-state index in [4.69, 9.17) is 5.73 Å². The lowest BCUT2D eigenvalue weighted by molar-refractivity contribution is 0.102. The highest BCUT2D eigenvalue weighted by Crippen LogP contribution is 2.39. The van der Waals surface area contributed by atoms with Gasteiger partial charge in [0.05, 0.1) is 5.75 Å². The minimum absolute atomic E-state index is 0.0979. The van der Waals surface area contributed by atoms with Gasteiger partial charge in [0.15, 0.2) is 10.9 Å². The van der Waals surface area contributed by atoms with Crippen LogP contribution in [0.15, 0.2) is 11.2 Å². The summed E-state index contributed by atoms with van der Waals surface area (Å²) in [4.78, 5) is 15.4. The lowest BCUT2D eigenvalue weighted by Gasteiger charge is -2.05. The van der Waals surface area contributed by atoms with Crippen LogP contribution in [-0.4, -0.2) is 31.3 Å². The zero-order valence-corrected chi connectivity index (χ0v) is 12.3. The fourth-order valence-corrected chi connectivity index (χ4v) is 3.18. The van der Waals surface area contributed by atoms with Crippen LogP contribution in [0.25, 0.3) is 0 Å². The third kappa shape index (κ3) is 2.45. The zero-order valence-electron chi connectivity index (χ0n) is 11.5. The summed E-state index contributed by atoms with van der Waals surface area (Å²) in [7, 11) is 0. The topological polar surface area (TPSA) is 89.6 Å². The van der Waals surface area contributed by atoms with Crippen molar-refractivity contribution in [3.8, 4) is 0 Å². The van der Waals surface area contributed by atoms with Crippen molar-refractivity contribution in [1.29, 1.82) is 0 Å². The fourth-order valence-electron chi connectivity index (χ4n) is 2.28.